The van der Waals surface area contributed by atoms with Gasteiger partial charge in [0.2, 0.25) is 5.91 Å². The fourth-order valence-corrected chi connectivity index (χ4v) is 5.06. The third kappa shape index (κ3) is 6.63. The summed E-state index contributed by atoms with van der Waals surface area (Å²) in [5.41, 5.74) is 3.64. The van der Waals surface area contributed by atoms with Crippen molar-refractivity contribution in [2.75, 3.05) is 11.9 Å². The Kier molecular flexibility index (Phi) is 8.49. The van der Waals surface area contributed by atoms with Gasteiger partial charge in [0.05, 0.1) is 23.7 Å². The average Bonchev–Trinajstić information content (AvgIpc) is 3.38. The number of aryl methyl sites for hydroxylation is 1. The minimum absolute atomic E-state index is 0.0540. The highest BCUT2D eigenvalue weighted by Gasteiger charge is 2.38. The second-order valence-corrected chi connectivity index (χ2v) is 9.63. The third-order valence-corrected chi connectivity index (χ3v) is 7.04. The van der Waals surface area contributed by atoms with Gasteiger partial charge in [0.1, 0.15) is 6.61 Å². The summed E-state index contributed by atoms with van der Waals surface area (Å²) < 4.78 is 5.80. The number of benzene rings is 4. The quantitative estimate of drug-likeness (QED) is 0.232. The Morgan fingerprint density at radius 2 is 1.38 bits per heavy atom. The van der Waals surface area contributed by atoms with Crippen molar-refractivity contribution < 1.29 is 14.3 Å². The third-order valence-electron chi connectivity index (χ3n) is 7.04. The molecule has 0 spiro atoms. The number of hydrogen-bond donors (Lipinski definition) is 1. The van der Waals surface area contributed by atoms with Crippen LogP contribution in [0.5, 0.6) is 0 Å². The van der Waals surface area contributed by atoms with E-state index in [0.717, 1.165) is 24.1 Å². The molecule has 0 bridgehead atoms. The van der Waals surface area contributed by atoms with Crippen LogP contribution in [-0.4, -0.2) is 35.5 Å². The first-order valence-electron chi connectivity index (χ1n) is 13.3. The fraction of sp³-hybridized carbons (Fsp3) is 0.176. The number of anilines is 1. The predicted octanol–water partition coefficient (Wildman–Crippen LogP) is 6.47. The first-order chi connectivity index (χ1) is 19.2. The summed E-state index contributed by atoms with van der Waals surface area (Å²) in [6.07, 6.45) is 5.28. The Morgan fingerprint density at radius 3 is 2.05 bits per heavy atom. The molecule has 1 amide bonds. The molecule has 1 aliphatic rings. The zero-order chi connectivity index (χ0) is 26.9. The lowest BCUT2D eigenvalue weighted by molar-refractivity contribution is -0.130. The van der Waals surface area contributed by atoms with E-state index in [0.29, 0.717) is 5.56 Å². The standard InChI is InChI=1S/C34H32N2O3/c37-33-24-23-31(30(35-29-19-11-4-12-20-29)22-21-26-13-5-1-6-14-26)36(33)32(27-15-7-2-8-16-27)25-39-34(38)28-17-9-3-10-18-28/h1-20,23-24,30-32,35H,21-22,25H2/t30-,31+,32+/m1/s1. The zero-order valence-corrected chi connectivity index (χ0v) is 21.7. The summed E-state index contributed by atoms with van der Waals surface area (Å²) in [4.78, 5) is 28.1. The molecule has 196 valence electrons. The number of amides is 1. The molecular formula is C34H32N2O3. The predicted molar refractivity (Wildman–Crippen MR) is 154 cm³/mol. The molecule has 0 saturated carbocycles. The Balaban J connectivity index is 1.42. The smallest absolute Gasteiger partial charge is 0.338 e. The van der Waals surface area contributed by atoms with Gasteiger partial charge in [0, 0.05) is 11.8 Å². The molecule has 4 aromatic carbocycles. The molecule has 5 heteroatoms. The van der Waals surface area contributed by atoms with Crippen molar-refractivity contribution in [2.45, 2.75) is 31.0 Å². The van der Waals surface area contributed by atoms with E-state index < -0.39 is 12.0 Å². The van der Waals surface area contributed by atoms with Crippen LogP contribution in [0.2, 0.25) is 0 Å². The van der Waals surface area contributed by atoms with Gasteiger partial charge in [-0.3, -0.25) is 4.79 Å². The highest BCUT2D eigenvalue weighted by atomic mass is 16.5. The van der Waals surface area contributed by atoms with Gasteiger partial charge in [-0.2, -0.15) is 0 Å². The van der Waals surface area contributed by atoms with Crippen molar-refractivity contribution in [1.82, 2.24) is 4.90 Å². The second-order valence-electron chi connectivity index (χ2n) is 9.63. The highest BCUT2D eigenvalue weighted by Crippen LogP contribution is 2.31. The van der Waals surface area contributed by atoms with Crippen molar-refractivity contribution in [1.29, 1.82) is 0 Å². The molecule has 1 heterocycles. The molecule has 0 fully saturated rings. The van der Waals surface area contributed by atoms with E-state index in [1.54, 1.807) is 18.2 Å². The van der Waals surface area contributed by atoms with Crippen LogP contribution in [0.1, 0.15) is 33.9 Å². The van der Waals surface area contributed by atoms with E-state index in [2.05, 4.69) is 17.4 Å². The number of nitrogens with zero attached hydrogens (tertiary/aromatic N) is 1. The van der Waals surface area contributed by atoms with Gasteiger partial charge in [-0.05, 0) is 48.2 Å². The molecule has 0 radical (unpaired) electrons. The summed E-state index contributed by atoms with van der Waals surface area (Å²) >= 11 is 0. The Morgan fingerprint density at radius 1 is 0.795 bits per heavy atom. The number of esters is 1. The molecule has 5 nitrogen and oxygen atoms in total. The van der Waals surface area contributed by atoms with Crippen LogP contribution in [0.3, 0.4) is 0 Å². The SMILES string of the molecule is O=C(OC[C@@H](c1ccccc1)N1C(=O)C=C[C@H]1[C@@H](CCc1ccccc1)Nc1ccccc1)c1ccccc1. The van der Waals surface area contributed by atoms with Gasteiger partial charge in [-0.1, -0.05) is 103 Å². The lowest BCUT2D eigenvalue weighted by Crippen LogP contribution is -2.48. The highest BCUT2D eigenvalue weighted by molar-refractivity contribution is 5.91. The maximum Gasteiger partial charge on any atom is 0.338 e. The van der Waals surface area contributed by atoms with Crippen LogP contribution in [0, 0.1) is 0 Å². The average molecular weight is 517 g/mol. The lowest BCUT2D eigenvalue weighted by Gasteiger charge is -2.38. The van der Waals surface area contributed by atoms with Crippen LogP contribution in [0.15, 0.2) is 133 Å². The number of hydrogen-bond acceptors (Lipinski definition) is 4. The van der Waals surface area contributed by atoms with Crippen LogP contribution in [0.25, 0.3) is 0 Å². The maximum atomic E-state index is 13.4. The molecule has 0 saturated heterocycles. The van der Waals surface area contributed by atoms with Gasteiger partial charge in [0.25, 0.3) is 0 Å². The van der Waals surface area contributed by atoms with Gasteiger partial charge in [0.15, 0.2) is 0 Å². The summed E-state index contributed by atoms with van der Waals surface area (Å²) in [6, 6.07) is 38.4. The number of carbonyl (C=O) groups is 2. The summed E-state index contributed by atoms with van der Waals surface area (Å²) in [6.45, 7) is 0.0540. The van der Waals surface area contributed by atoms with Crippen LogP contribution < -0.4 is 5.32 Å². The van der Waals surface area contributed by atoms with Crippen LogP contribution in [-0.2, 0) is 16.0 Å². The summed E-state index contributed by atoms with van der Waals surface area (Å²) in [7, 11) is 0. The molecular weight excluding hydrogens is 484 g/mol. The topological polar surface area (TPSA) is 58.6 Å². The molecule has 0 aliphatic carbocycles. The monoisotopic (exact) mass is 516 g/mol. The molecule has 0 unspecified atom stereocenters. The molecule has 1 aliphatic heterocycles. The number of rotatable bonds is 11. The van der Waals surface area contributed by atoms with Crippen molar-refractivity contribution in [3.8, 4) is 0 Å². The van der Waals surface area contributed by atoms with Crippen molar-refractivity contribution >= 4 is 17.6 Å². The van der Waals surface area contributed by atoms with Gasteiger partial charge < -0.3 is 15.0 Å². The number of carbonyl (C=O) groups excluding carboxylic acids is 2. The largest absolute Gasteiger partial charge is 0.460 e. The minimum atomic E-state index is -0.442. The molecule has 5 rings (SSSR count). The van der Waals surface area contributed by atoms with E-state index in [4.69, 9.17) is 4.74 Å². The van der Waals surface area contributed by atoms with Crippen molar-refractivity contribution in [3.63, 3.8) is 0 Å². The zero-order valence-electron chi connectivity index (χ0n) is 21.7. The molecule has 0 aromatic heterocycles. The molecule has 1 N–H and O–H groups in total. The summed E-state index contributed by atoms with van der Waals surface area (Å²) in [5.74, 6) is -0.500. The molecule has 3 atom stereocenters. The maximum absolute atomic E-state index is 13.4. The number of nitrogens with one attached hydrogen (secondary N) is 1. The Bertz CT molecular complexity index is 1380. The van der Waals surface area contributed by atoms with Gasteiger partial charge in [-0.25, -0.2) is 4.79 Å². The minimum Gasteiger partial charge on any atom is -0.460 e. The normalized spacial score (nSPS) is 16.1. The first kappa shape index (κ1) is 26.0. The van der Waals surface area contributed by atoms with E-state index in [-0.39, 0.29) is 24.6 Å². The van der Waals surface area contributed by atoms with E-state index in [1.807, 2.05) is 108 Å². The summed E-state index contributed by atoms with van der Waals surface area (Å²) in [5, 5.41) is 3.69. The Labute approximate surface area is 229 Å². The Hall–Kier alpha value is -4.64. The van der Waals surface area contributed by atoms with Gasteiger partial charge in [-0.15, -0.1) is 0 Å². The molecule has 4 aromatic rings. The number of ether oxygens (including phenoxy) is 1. The lowest BCUT2D eigenvalue weighted by atomic mass is 9.96. The van der Waals surface area contributed by atoms with Crippen LogP contribution >= 0.6 is 0 Å². The van der Waals surface area contributed by atoms with Crippen LogP contribution in [0.4, 0.5) is 5.69 Å². The molecule has 39 heavy (non-hydrogen) atoms. The van der Waals surface area contributed by atoms with E-state index >= 15 is 0 Å². The van der Waals surface area contributed by atoms with Crippen molar-refractivity contribution in [2.24, 2.45) is 0 Å². The van der Waals surface area contributed by atoms with Gasteiger partial charge >= 0.3 is 5.97 Å². The van der Waals surface area contributed by atoms with Crippen molar-refractivity contribution in [3.05, 3.63) is 150 Å². The number of para-hydroxylation sites is 1. The second kappa shape index (κ2) is 12.7. The first-order valence-corrected chi connectivity index (χ1v) is 13.3. The fourth-order valence-electron chi connectivity index (χ4n) is 5.06. The van der Waals surface area contributed by atoms with E-state index in [9.17, 15) is 9.59 Å². The van der Waals surface area contributed by atoms with E-state index in [1.165, 1.54) is 5.56 Å².